The second kappa shape index (κ2) is 9.28. The normalized spacial score (nSPS) is 9.52. The third-order valence-electron chi connectivity index (χ3n) is 2.69. The number of unbranched alkanes of at least 4 members (excludes halogenated alkanes) is 1. The van der Waals surface area contributed by atoms with Gasteiger partial charge in [-0.1, -0.05) is 30.3 Å². The van der Waals surface area contributed by atoms with E-state index in [-0.39, 0.29) is 18.7 Å². The summed E-state index contributed by atoms with van der Waals surface area (Å²) in [6, 6.07) is 9.31. The minimum absolute atomic E-state index is 0.145. The first kappa shape index (κ1) is 16.4. The number of nitrogens with one attached hydrogen (secondary N) is 1. The molecule has 0 unspecified atom stereocenters. The molecule has 112 valence electrons. The van der Waals surface area contributed by atoms with Crippen LogP contribution in [0.4, 0.5) is 4.79 Å². The van der Waals surface area contributed by atoms with Gasteiger partial charge in [-0.15, -0.1) is 0 Å². The summed E-state index contributed by atoms with van der Waals surface area (Å²) in [4.78, 5) is 24.6. The van der Waals surface area contributed by atoms with Gasteiger partial charge in [0.25, 0.3) is 0 Å². The molecule has 0 bridgehead atoms. The quantitative estimate of drug-likeness (QED) is 0.329. The fraction of sp³-hybridized carbons (Fsp3) is 0.357. The van der Waals surface area contributed by atoms with Crippen LogP contribution in [0.5, 0.6) is 0 Å². The van der Waals surface area contributed by atoms with E-state index < -0.39 is 12.1 Å². The van der Waals surface area contributed by atoms with Crippen LogP contribution in [0.2, 0.25) is 0 Å². The molecule has 1 aromatic rings. The number of hydrogen-bond acceptors (Lipinski definition) is 3. The molecule has 1 aromatic carbocycles. The lowest BCUT2D eigenvalue weighted by Gasteiger charge is -2.06. The van der Waals surface area contributed by atoms with E-state index in [9.17, 15) is 9.59 Å². The van der Waals surface area contributed by atoms with E-state index >= 15 is 0 Å². The molecule has 0 aromatic heterocycles. The van der Waals surface area contributed by atoms with Crippen LogP contribution in [0.15, 0.2) is 30.3 Å². The molecule has 0 fully saturated rings. The Kier molecular flexibility index (Phi) is 7.24. The summed E-state index contributed by atoms with van der Waals surface area (Å²) in [5, 5.41) is 11.2. The van der Waals surface area contributed by atoms with Crippen LogP contribution in [-0.2, 0) is 16.1 Å². The summed E-state index contributed by atoms with van der Waals surface area (Å²) in [6.45, 7) is 0.568. The molecule has 0 spiro atoms. The topological polar surface area (TPSA) is 112 Å². The number of rotatable bonds is 8. The Labute approximate surface area is 122 Å². The van der Waals surface area contributed by atoms with Gasteiger partial charge < -0.3 is 20.7 Å². The highest BCUT2D eigenvalue weighted by Crippen LogP contribution is 2.01. The van der Waals surface area contributed by atoms with Gasteiger partial charge >= 0.3 is 17.8 Å². The number of alkyl carbamates (subject to hydrolysis) is 1. The van der Waals surface area contributed by atoms with E-state index in [2.05, 4.69) is 10.1 Å². The number of ether oxygens (including phenoxy) is 1. The number of carboxylic acids is 1. The van der Waals surface area contributed by atoms with Crippen molar-refractivity contribution in [1.82, 2.24) is 5.32 Å². The van der Waals surface area contributed by atoms with Crippen molar-refractivity contribution >= 4 is 17.8 Å². The summed E-state index contributed by atoms with van der Waals surface area (Å²) in [5.41, 5.74) is 9.05. The van der Waals surface area contributed by atoms with E-state index in [0.29, 0.717) is 19.4 Å². The number of nitrogens with zero attached hydrogens (tertiary/aromatic N) is 2. The van der Waals surface area contributed by atoms with E-state index in [1.165, 1.54) is 0 Å². The molecule has 7 heteroatoms. The van der Waals surface area contributed by atoms with Gasteiger partial charge in [-0.2, -0.15) is 4.79 Å². The molecule has 1 amide bonds. The largest absolute Gasteiger partial charge is 0.473 e. The molecule has 0 saturated heterocycles. The third kappa shape index (κ3) is 6.89. The number of carbonyl (C=O) groups is 2. The summed E-state index contributed by atoms with van der Waals surface area (Å²) in [6.07, 6.45) is 0.678. The number of benzene rings is 1. The fourth-order valence-electron chi connectivity index (χ4n) is 1.58. The summed E-state index contributed by atoms with van der Waals surface area (Å²) < 4.78 is 5.01. The van der Waals surface area contributed by atoms with Crippen molar-refractivity contribution in [2.45, 2.75) is 25.9 Å². The molecular formula is C14H17N3O4. The maximum atomic E-state index is 11.4. The predicted molar refractivity (Wildman–Crippen MR) is 74.7 cm³/mol. The van der Waals surface area contributed by atoms with Crippen LogP contribution in [0.1, 0.15) is 24.8 Å². The van der Waals surface area contributed by atoms with Crippen molar-refractivity contribution < 1.29 is 24.2 Å². The molecule has 7 nitrogen and oxygen atoms in total. The maximum absolute atomic E-state index is 11.4. The van der Waals surface area contributed by atoms with E-state index in [0.717, 1.165) is 5.56 Å². The average Bonchev–Trinajstić information content (AvgIpc) is 2.49. The molecule has 0 atom stereocenters. The molecule has 0 heterocycles. The predicted octanol–water partition coefficient (Wildman–Crippen LogP) is 1.84. The SMILES string of the molecule is [N-]=[N+]=C(CCCCNC(=O)OCc1ccccc1)C(=O)O. The van der Waals surface area contributed by atoms with Crippen molar-refractivity contribution in [3.05, 3.63) is 41.4 Å². The maximum Gasteiger partial charge on any atom is 0.414 e. The van der Waals surface area contributed by atoms with Gasteiger partial charge in [0, 0.05) is 6.54 Å². The lowest BCUT2D eigenvalue weighted by Crippen LogP contribution is -2.25. The zero-order chi connectivity index (χ0) is 15.5. The zero-order valence-electron chi connectivity index (χ0n) is 11.5. The molecule has 0 saturated carbocycles. The zero-order valence-corrected chi connectivity index (χ0v) is 11.5. The minimum atomic E-state index is -1.24. The number of aliphatic carboxylic acids is 1. The number of carboxylic acid groups (broad SMARTS) is 1. The highest BCUT2D eigenvalue weighted by molar-refractivity contribution is 6.32. The van der Waals surface area contributed by atoms with Crippen LogP contribution in [0, 0.1) is 0 Å². The molecule has 2 N–H and O–H groups in total. The minimum Gasteiger partial charge on any atom is -0.473 e. The third-order valence-corrected chi connectivity index (χ3v) is 2.69. The first-order valence-corrected chi connectivity index (χ1v) is 6.52. The van der Waals surface area contributed by atoms with Crippen molar-refractivity contribution in [3.63, 3.8) is 0 Å². The second-order valence-corrected chi connectivity index (χ2v) is 4.30. The van der Waals surface area contributed by atoms with Crippen LogP contribution < -0.4 is 5.32 Å². The number of amides is 1. The Hall–Kier alpha value is -2.66. The molecule has 21 heavy (non-hydrogen) atoms. The summed E-state index contributed by atoms with van der Waals surface area (Å²) >= 11 is 0. The van der Waals surface area contributed by atoms with Crippen molar-refractivity contribution in [2.75, 3.05) is 6.54 Å². The fourth-order valence-corrected chi connectivity index (χ4v) is 1.58. The highest BCUT2D eigenvalue weighted by atomic mass is 16.5. The Morgan fingerprint density at radius 3 is 2.57 bits per heavy atom. The van der Waals surface area contributed by atoms with Crippen LogP contribution >= 0.6 is 0 Å². The van der Waals surface area contributed by atoms with Gasteiger partial charge in [0.15, 0.2) is 0 Å². The lowest BCUT2D eigenvalue weighted by molar-refractivity contribution is -0.134. The van der Waals surface area contributed by atoms with Gasteiger partial charge in [0.1, 0.15) is 6.61 Å². The van der Waals surface area contributed by atoms with Gasteiger partial charge in [-0.25, -0.2) is 9.59 Å². The van der Waals surface area contributed by atoms with Gasteiger partial charge in [0.05, 0.1) is 6.42 Å². The lowest BCUT2D eigenvalue weighted by atomic mass is 10.1. The van der Waals surface area contributed by atoms with Gasteiger partial charge in [-0.3, -0.25) is 0 Å². The van der Waals surface area contributed by atoms with Crippen LogP contribution in [0.25, 0.3) is 5.53 Å². The van der Waals surface area contributed by atoms with E-state index in [4.69, 9.17) is 15.4 Å². The average molecular weight is 291 g/mol. The molecule has 1 rings (SSSR count). The molecule has 0 radical (unpaired) electrons. The Balaban J connectivity index is 2.11. The molecule has 0 aliphatic heterocycles. The smallest absolute Gasteiger partial charge is 0.414 e. The Morgan fingerprint density at radius 1 is 1.24 bits per heavy atom. The van der Waals surface area contributed by atoms with Crippen LogP contribution in [-0.4, -0.2) is 34.2 Å². The van der Waals surface area contributed by atoms with Crippen LogP contribution in [0.3, 0.4) is 0 Å². The highest BCUT2D eigenvalue weighted by Gasteiger charge is 2.17. The van der Waals surface area contributed by atoms with Gasteiger partial charge in [-0.05, 0) is 18.4 Å². The van der Waals surface area contributed by atoms with Crippen molar-refractivity contribution in [3.8, 4) is 0 Å². The molecule has 0 aliphatic rings. The van der Waals surface area contributed by atoms with Crippen molar-refractivity contribution in [1.29, 1.82) is 0 Å². The van der Waals surface area contributed by atoms with E-state index in [1.54, 1.807) is 0 Å². The number of carbonyl (C=O) groups excluding carboxylic acids is 1. The van der Waals surface area contributed by atoms with Crippen molar-refractivity contribution in [2.24, 2.45) is 0 Å². The standard InChI is InChI=1S/C14H17N3O4/c15-17-12(13(18)19)8-4-5-9-16-14(20)21-10-11-6-2-1-3-7-11/h1-3,6-7H,4-5,8-10H2,(H,16,20)(H,18,19). The van der Waals surface area contributed by atoms with Gasteiger partial charge in [0.2, 0.25) is 0 Å². The molecule has 0 aliphatic carbocycles. The second-order valence-electron chi connectivity index (χ2n) is 4.30. The number of hydrogen-bond donors (Lipinski definition) is 2. The van der Waals surface area contributed by atoms with E-state index in [1.807, 2.05) is 30.3 Å². The first-order chi connectivity index (χ1) is 10.1. The Bertz CT molecular complexity index is 524. The molecular weight excluding hydrogens is 274 g/mol. The Morgan fingerprint density at radius 2 is 1.95 bits per heavy atom. The summed E-state index contributed by atoms with van der Waals surface area (Å²) in [5.74, 6) is -1.24. The first-order valence-electron chi connectivity index (χ1n) is 6.52. The summed E-state index contributed by atoms with van der Waals surface area (Å²) in [7, 11) is 0. The monoisotopic (exact) mass is 291 g/mol.